The van der Waals surface area contributed by atoms with Gasteiger partial charge in [-0.15, -0.1) is 0 Å². The van der Waals surface area contributed by atoms with Gasteiger partial charge in [0.05, 0.1) is 24.6 Å². The number of phenols is 2. The van der Waals surface area contributed by atoms with Crippen molar-refractivity contribution < 1.29 is 24.4 Å². The van der Waals surface area contributed by atoms with Crippen molar-refractivity contribution in [3.63, 3.8) is 0 Å². The van der Waals surface area contributed by atoms with Crippen molar-refractivity contribution in [2.45, 2.75) is 13.8 Å². The zero-order chi connectivity index (χ0) is 18.4. The minimum absolute atomic E-state index is 0.00293. The lowest BCUT2D eigenvalue weighted by atomic mass is 10.2. The van der Waals surface area contributed by atoms with E-state index < -0.39 is 0 Å². The van der Waals surface area contributed by atoms with E-state index in [0.29, 0.717) is 24.6 Å². The molecule has 7 nitrogen and oxygen atoms in total. The Balaban J connectivity index is 1.71. The van der Waals surface area contributed by atoms with E-state index in [2.05, 4.69) is 0 Å². The minimum Gasteiger partial charge on any atom is -0.504 e. The predicted octanol–water partition coefficient (Wildman–Crippen LogP) is 2.35. The van der Waals surface area contributed by atoms with Gasteiger partial charge in [-0.25, -0.2) is 0 Å². The molecule has 0 fully saturated rings. The second-order valence-corrected chi connectivity index (χ2v) is 5.60. The molecule has 0 amide bonds. The number of aromatic hydroxyl groups is 2. The van der Waals surface area contributed by atoms with Crippen molar-refractivity contribution in [3.8, 4) is 23.0 Å². The van der Waals surface area contributed by atoms with Gasteiger partial charge >= 0.3 is 0 Å². The van der Waals surface area contributed by atoms with Gasteiger partial charge < -0.3 is 35.9 Å². The summed E-state index contributed by atoms with van der Waals surface area (Å²) in [6.07, 6.45) is 0. The second-order valence-electron chi connectivity index (χ2n) is 5.60. The highest BCUT2D eigenvalue weighted by Crippen LogP contribution is 2.35. The maximum Gasteiger partial charge on any atom is 0.184 e. The number of hydrogen-bond donors (Lipinski definition) is 4. The van der Waals surface area contributed by atoms with E-state index in [4.69, 9.17) is 25.7 Å². The van der Waals surface area contributed by atoms with Gasteiger partial charge in [0.25, 0.3) is 0 Å². The summed E-state index contributed by atoms with van der Waals surface area (Å²) < 4.78 is 16.3. The standard InChI is InChI=1S/C18H24N2O5/c1-11-3-5-13(21)17(15(11)19)24-9-7-23-8-10-25-18-14(22)6-4-12(2)16(18)20/h3-6,21-22H,7-10,19-20H2,1-2H3. The summed E-state index contributed by atoms with van der Waals surface area (Å²) in [7, 11) is 0. The summed E-state index contributed by atoms with van der Waals surface area (Å²) in [4.78, 5) is 0. The lowest BCUT2D eigenvalue weighted by Gasteiger charge is -2.14. The lowest BCUT2D eigenvalue weighted by Crippen LogP contribution is -2.13. The van der Waals surface area contributed by atoms with Crippen LogP contribution in [0.3, 0.4) is 0 Å². The molecule has 0 bridgehead atoms. The SMILES string of the molecule is Cc1ccc(O)c(OCCOCCOc2c(O)ccc(C)c2N)c1N. The van der Waals surface area contributed by atoms with Crippen LogP contribution in [-0.4, -0.2) is 36.6 Å². The maximum absolute atomic E-state index is 9.76. The van der Waals surface area contributed by atoms with E-state index in [1.54, 1.807) is 12.1 Å². The molecule has 0 radical (unpaired) electrons. The number of nitrogen functional groups attached to an aromatic ring is 2. The first kappa shape index (κ1) is 18.5. The number of aryl methyl sites for hydroxylation is 2. The van der Waals surface area contributed by atoms with Crippen LogP contribution in [0.1, 0.15) is 11.1 Å². The Morgan fingerprint density at radius 2 is 1.12 bits per heavy atom. The quantitative estimate of drug-likeness (QED) is 0.427. The fraction of sp³-hybridized carbons (Fsp3) is 0.333. The number of benzene rings is 2. The number of hydrogen-bond acceptors (Lipinski definition) is 7. The first-order chi connectivity index (χ1) is 11.9. The monoisotopic (exact) mass is 348 g/mol. The minimum atomic E-state index is -0.00293. The summed E-state index contributed by atoms with van der Waals surface area (Å²) in [5.41, 5.74) is 14.2. The molecule has 2 aromatic carbocycles. The molecule has 0 atom stereocenters. The molecule has 7 heteroatoms. The van der Waals surface area contributed by atoms with Crippen LogP contribution < -0.4 is 20.9 Å². The molecule has 136 valence electrons. The topological polar surface area (TPSA) is 120 Å². The summed E-state index contributed by atoms with van der Waals surface area (Å²) in [6, 6.07) is 6.51. The predicted molar refractivity (Wildman–Crippen MR) is 96.3 cm³/mol. The van der Waals surface area contributed by atoms with Crippen molar-refractivity contribution in [2.75, 3.05) is 37.9 Å². The van der Waals surface area contributed by atoms with Crippen LogP contribution in [0.15, 0.2) is 24.3 Å². The molecule has 0 saturated carbocycles. The average molecular weight is 348 g/mol. The molecule has 0 aromatic heterocycles. The van der Waals surface area contributed by atoms with Gasteiger partial charge in [-0.1, -0.05) is 12.1 Å². The summed E-state index contributed by atoms with van der Waals surface area (Å²) in [5.74, 6) is 0.517. The summed E-state index contributed by atoms with van der Waals surface area (Å²) >= 11 is 0. The highest BCUT2D eigenvalue weighted by molar-refractivity contribution is 5.64. The van der Waals surface area contributed by atoms with Gasteiger partial charge in [0, 0.05) is 0 Å². The third kappa shape index (κ3) is 4.60. The molecule has 25 heavy (non-hydrogen) atoms. The Labute approximate surface area is 146 Å². The summed E-state index contributed by atoms with van der Waals surface area (Å²) in [6.45, 7) is 4.73. The molecule has 0 aliphatic rings. The third-order valence-electron chi connectivity index (χ3n) is 3.73. The van der Waals surface area contributed by atoms with Gasteiger partial charge in [-0.3, -0.25) is 0 Å². The Morgan fingerprint density at radius 1 is 0.720 bits per heavy atom. The Kier molecular flexibility index (Phi) is 6.19. The molecule has 2 aromatic rings. The fourth-order valence-electron chi connectivity index (χ4n) is 2.18. The van der Waals surface area contributed by atoms with Crippen LogP contribution in [0.2, 0.25) is 0 Å². The Bertz CT molecular complexity index is 672. The van der Waals surface area contributed by atoms with Crippen molar-refractivity contribution in [3.05, 3.63) is 35.4 Å². The highest BCUT2D eigenvalue weighted by Gasteiger charge is 2.10. The van der Waals surface area contributed by atoms with Crippen LogP contribution in [0, 0.1) is 13.8 Å². The third-order valence-corrected chi connectivity index (χ3v) is 3.73. The van der Waals surface area contributed by atoms with Crippen molar-refractivity contribution in [1.29, 1.82) is 0 Å². The van der Waals surface area contributed by atoms with Gasteiger partial charge in [0.1, 0.15) is 13.2 Å². The van der Waals surface area contributed by atoms with Crippen LogP contribution in [0.5, 0.6) is 23.0 Å². The van der Waals surface area contributed by atoms with Crippen LogP contribution in [-0.2, 0) is 4.74 Å². The molecular weight excluding hydrogens is 324 g/mol. The second kappa shape index (κ2) is 8.34. The van der Waals surface area contributed by atoms with Crippen LogP contribution in [0.4, 0.5) is 11.4 Å². The van der Waals surface area contributed by atoms with E-state index in [-0.39, 0.29) is 36.2 Å². The maximum atomic E-state index is 9.76. The van der Waals surface area contributed by atoms with Crippen molar-refractivity contribution in [1.82, 2.24) is 0 Å². The van der Waals surface area contributed by atoms with E-state index in [0.717, 1.165) is 11.1 Å². The number of anilines is 2. The van der Waals surface area contributed by atoms with Gasteiger partial charge in [-0.05, 0) is 37.1 Å². The first-order valence-corrected chi connectivity index (χ1v) is 7.91. The zero-order valence-corrected chi connectivity index (χ0v) is 14.4. The van der Waals surface area contributed by atoms with Gasteiger partial charge in [-0.2, -0.15) is 0 Å². The lowest BCUT2D eigenvalue weighted by molar-refractivity contribution is 0.0754. The fourth-order valence-corrected chi connectivity index (χ4v) is 2.18. The molecule has 0 aliphatic carbocycles. The number of nitrogens with two attached hydrogens (primary N) is 2. The van der Waals surface area contributed by atoms with E-state index in [1.807, 2.05) is 13.8 Å². The molecule has 0 unspecified atom stereocenters. The molecule has 0 saturated heterocycles. The van der Waals surface area contributed by atoms with Crippen molar-refractivity contribution in [2.24, 2.45) is 0 Å². The molecule has 0 spiro atoms. The van der Waals surface area contributed by atoms with Crippen LogP contribution >= 0.6 is 0 Å². The van der Waals surface area contributed by atoms with Gasteiger partial charge in [0.2, 0.25) is 0 Å². The zero-order valence-electron chi connectivity index (χ0n) is 14.4. The normalized spacial score (nSPS) is 10.6. The van der Waals surface area contributed by atoms with Crippen LogP contribution in [0.25, 0.3) is 0 Å². The molecule has 2 rings (SSSR count). The molecule has 6 N–H and O–H groups in total. The highest BCUT2D eigenvalue weighted by atomic mass is 16.5. The number of ether oxygens (including phenoxy) is 3. The number of phenolic OH excluding ortho intramolecular Hbond substituents is 2. The number of rotatable bonds is 8. The van der Waals surface area contributed by atoms with E-state index in [1.165, 1.54) is 12.1 Å². The van der Waals surface area contributed by atoms with Gasteiger partial charge in [0.15, 0.2) is 23.0 Å². The summed E-state index contributed by atoms with van der Waals surface area (Å²) in [5, 5.41) is 19.5. The molecular formula is C18H24N2O5. The van der Waals surface area contributed by atoms with Crippen molar-refractivity contribution >= 4 is 11.4 Å². The van der Waals surface area contributed by atoms with E-state index in [9.17, 15) is 10.2 Å². The molecule has 0 heterocycles. The Morgan fingerprint density at radius 3 is 1.52 bits per heavy atom. The average Bonchev–Trinajstić information content (AvgIpc) is 2.59. The first-order valence-electron chi connectivity index (χ1n) is 7.91. The van der Waals surface area contributed by atoms with E-state index >= 15 is 0 Å². The molecule has 0 aliphatic heterocycles. The Hall–Kier alpha value is -2.80. The largest absolute Gasteiger partial charge is 0.504 e. The smallest absolute Gasteiger partial charge is 0.184 e.